The van der Waals surface area contributed by atoms with Crippen molar-refractivity contribution < 1.29 is 33.8 Å². The molecule has 10 nitrogen and oxygen atoms in total. The number of likely N-dealkylation sites (N-methyl/N-ethyl adjacent to an activating group) is 1. The van der Waals surface area contributed by atoms with Gasteiger partial charge in [0, 0.05) is 25.7 Å². The molecule has 272 valence electrons. The van der Waals surface area contributed by atoms with Crippen molar-refractivity contribution in [2.75, 3.05) is 25.1 Å². The van der Waals surface area contributed by atoms with Gasteiger partial charge in [0.25, 0.3) is 5.91 Å². The van der Waals surface area contributed by atoms with E-state index in [1.807, 2.05) is 106 Å². The van der Waals surface area contributed by atoms with Crippen LogP contribution in [0.4, 0.5) is 5.69 Å². The molecule has 4 aliphatic rings. The smallest absolute Gasteiger partial charge is 0.313 e. The van der Waals surface area contributed by atoms with E-state index >= 15 is 4.79 Å². The Morgan fingerprint density at radius 3 is 2.40 bits per heavy atom. The summed E-state index contributed by atoms with van der Waals surface area (Å²) in [6.07, 6.45) is 7.00. The highest BCUT2D eigenvalue weighted by atomic mass is 16.6. The van der Waals surface area contributed by atoms with E-state index in [2.05, 4.69) is 0 Å². The summed E-state index contributed by atoms with van der Waals surface area (Å²) >= 11 is 0. The van der Waals surface area contributed by atoms with Crippen LogP contribution in [0.3, 0.4) is 0 Å². The van der Waals surface area contributed by atoms with Crippen molar-refractivity contribution in [2.45, 2.75) is 76.0 Å². The number of ether oxygens (including phenoxy) is 2. The number of hydrogen-bond donors (Lipinski definition) is 1. The lowest BCUT2D eigenvalue weighted by Gasteiger charge is -2.40. The summed E-state index contributed by atoms with van der Waals surface area (Å²) in [5, 5.41) is 12.8. The molecule has 0 saturated carbocycles. The number of anilines is 1. The van der Waals surface area contributed by atoms with Crippen LogP contribution in [-0.4, -0.2) is 88.6 Å². The van der Waals surface area contributed by atoms with Gasteiger partial charge in [-0.3, -0.25) is 19.2 Å². The molecule has 4 heterocycles. The minimum Gasteiger partial charge on any atom is -0.455 e. The molecule has 3 amide bonds. The lowest BCUT2D eigenvalue weighted by Crippen LogP contribution is -2.59. The average Bonchev–Trinajstić information content (AvgIpc) is 3.81. The topological polar surface area (TPSA) is 117 Å². The first-order chi connectivity index (χ1) is 25.1. The molecule has 1 spiro atoms. The average molecular weight is 706 g/mol. The third kappa shape index (κ3) is 5.91. The highest BCUT2D eigenvalue weighted by Crippen LogP contribution is 2.57. The molecule has 4 aliphatic heterocycles. The minimum absolute atomic E-state index is 0.115. The third-order valence-electron chi connectivity index (χ3n) is 11.8. The summed E-state index contributed by atoms with van der Waals surface area (Å²) in [5.74, 6) is -3.81. The zero-order valence-corrected chi connectivity index (χ0v) is 30.1. The van der Waals surface area contributed by atoms with Gasteiger partial charge in [0.15, 0.2) is 0 Å². The summed E-state index contributed by atoms with van der Waals surface area (Å²) in [6.45, 7) is 5.59. The molecule has 5 bridgehead atoms. The van der Waals surface area contributed by atoms with Crippen LogP contribution in [0.1, 0.15) is 51.7 Å². The number of likely N-dealkylation sites (tertiary alicyclic amines) is 1. The Kier molecular flexibility index (Phi) is 9.80. The second-order valence-corrected chi connectivity index (χ2v) is 14.6. The van der Waals surface area contributed by atoms with E-state index in [0.29, 0.717) is 24.1 Å². The molecule has 9 atom stereocenters. The Labute approximate surface area is 304 Å². The van der Waals surface area contributed by atoms with E-state index in [-0.39, 0.29) is 37.3 Å². The fourth-order valence-corrected chi connectivity index (χ4v) is 8.55. The zero-order valence-electron chi connectivity index (χ0n) is 30.1. The largest absolute Gasteiger partial charge is 0.455 e. The predicted molar refractivity (Wildman–Crippen MR) is 197 cm³/mol. The maximum absolute atomic E-state index is 15.3. The molecule has 0 aromatic heterocycles. The normalized spacial score (nSPS) is 31.2. The van der Waals surface area contributed by atoms with Gasteiger partial charge in [-0.15, -0.1) is 0 Å². The highest BCUT2D eigenvalue weighted by Gasteiger charge is 2.74. The van der Waals surface area contributed by atoms with Crippen molar-refractivity contribution in [3.63, 3.8) is 0 Å². The standard InChI is InChI=1S/C42H47N3O7/c1-5-26(2)32(25-46)45-38-40(49)44(31-20-19-28-14-11-12-17-30(28)24-31)23-13-7-10-18-34(47)43(4)27(3)37(29-15-8-6-9-16-29)51-41(50)35-33-21-22-42(38,52-33)36(35)39(45)48/h6-9,11-17,19-22,24,26-27,32-33,35-38,46H,5,10,18,23,25H2,1-4H3/b13-7-/t26-,27-,32-,33+,35-,36-,37+,38+,42-/m0/s1. The Bertz CT molecular complexity index is 1910. The molecule has 10 heteroatoms. The quantitative estimate of drug-likeness (QED) is 0.277. The Morgan fingerprint density at radius 1 is 0.942 bits per heavy atom. The summed E-state index contributed by atoms with van der Waals surface area (Å²) in [5.41, 5.74) is -0.118. The van der Waals surface area contributed by atoms with E-state index in [4.69, 9.17) is 9.47 Å². The molecule has 52 heavy (non-hydrogen) atoms. The van der Waals surface area contributed by atoms with Crippen LogP contribution in [0.2, 0.25) is 0 Å². The second-order valence-electron chi connectivity index (χ2n) is 14.6. The Hall–Kier alpha value is -4.80. The van der Waals surface area contributed by atoms with E-state index < -0.39 is 59.6 Å². The highest BCUT2D eigenvalue weighted by molar-refractivity contribution is 6.06. The second kappa shape index (κ2) is 14.3. The zero-order chi connectivity index (χ0) is 36.7. The van der Waals surface area contributed by atoms with Crippen LogP contribution in [-0.2, 0) is 28.7 Å². The molecule has 3 aromatic carbocycles. The molecule has 7 rings (SSSR count). The van der Waals surface area contributed by atoms with Gasteiger partial charge >= 0.3 is 5.97 Å². The SMILES string of the molecule is CC[C@H](C)[C@H](CO)N1C(=O)[C@@H]2[C@H]3C(=O)O[C@@H](c4ccccc4)[C@H](C)N(C)C(=O)CC/C=C\CN(c4ccc5ccccc5c4)C(=O)[C@@H]1[C@]21C=C[C@H]3O1. The van der Waals surface area contributed by atoms with Crippen LogP contribution >= 0.6 is 0 Å². The number of esters is 1. The number of aliphatic hydroxyl groups excluding tert-OH is 1. The van der Waals surface area contributed by atoms with Gasteiger partial charge in [-0.05, 0) is 47.7 Å². The van der Waals surface area contributed by atoms with Crippen molar-refractivity contribution in [1.29, 1.82) is 0 Å². The van der Waals surface area contributed by atoms with Gasteiger partial charge in [-0.1, -0.05) is 105 Å². The van der Waals surface area contributed by atoms with Crippen molar-refractivity contribution in [1.82, 2.24) is 9.80 Å². The molecule has 2 fully saturated rings. The summed E-state index contributed by atoms with van der Waals surface area (Å²) in [7, 11) is 1.71. The number of benzene rings is 3. The number of rotatable bonds is 6. The number of cyclic esters (lactones) is 1. The molecular formula is C42H47N3O7. The first kappa shape index (κ1) is 35.6. The molecule has 3 aromatic rings. The first-order valence-electron chi connectivity index (χ1n) is 18.4. The molecule has 1 N–H and O–H groups in total. The number of nitrogens with zero attached hydrogens (tertiary/aromatic N) is 3. The predicted octanol–water partition coefficient (Wildman–Crippen LogP) is 5.21. The number of aliphatic hydroxyl groups is 1. The maximum Gasteiger partial charge on any atom is 0.313 e. The van der Waals surface area contributed by atoms with Gasteiger partial charge < -0.3 is 29.3 Å². The van der Waals surface area contributed by atoms with Crippen molar-refractivity contribution in [3.05, 3.63) is 103 Å². The number of amides is 3. The van der Waals surface area contributed by atoms with E-state index in [1.54, 1.807) is 29.0 Å². The first-order valence-corrected chi connectivity index (χ1v) is 18.4. The minimum atomic E-state index is -1.46. The monoisotopic (exact) mass is 705 g/mol. The number of carbonyl (C=O) groups excluding carboxylic acids is 4. The molecule has 2 saturated heterocycles. The van der Waals surface area contributed by atoms with Crippen molar-refractivity contribution >= 4 is 40.2 Å². The van der Waals surface area contributed by atoms with E-state index in [1.165, 1.54) is 4.90 Å². The lowest BCUT2D eigenvalue weighted by molar-refractivity contribution is -0.164. The molecule has 0 radical (unpaired) electrons. The molecule has 0 aliphatic carbocycles. The van der Waals surface area contributed by atoms with Gasteiger partial charge in [0.2, 0.25) is 11.8 Å². The van der Waals surface area contributed by atoms with Gasteiger partial charge in [0.1, 0.15) is 23.7 Å². The van der Waals surface area contributed by atoms with Crippen LogP contribution in [0, 0.1) is 17.8 Å². The number of carbonyl (C=O) groups is 4. The Balaban J connectivity index is 1.37. The van der Waals surface area contributed by atoms with Crippen molar-refractivity contribution in [3.8, 4) is 0 Å². The summed E-state index contributed by atoms with van der Waals surface area (Å²) < 4.78 is 13.0. The Morgan fingerprint density at radius 2 is 1.67 bits per heavy atom. The van der Waals surface area contributed by atoms with E-state index in [9.17, 15) is 19.5 Å². The maximum atomic E-state index is 15.3. The van der Waals surface area contributed by atoms with Gasteiger partial charge in [-0.25, -0.2) is 0 Å². The van der Waals surface area contributed by atoms with Gasteiger partial charge in [-0.2, -0.15) is 0 Å². The fraction of sp³-hybridized carbons (Fsp3) is 0.429. The van der Waals surface area contributed by atoms with Crippen LogP contribution in [0.5, 0.6) is 0 Å². The number of hydrogen-bond acceptors (Lipinski definition) is 7. The van der Waals surface area contributed by atoms with Crippen molar-refractivity contribution in [2.24, 2.45) is 17.8 Å². The van der Waals surface area contributed by atoms with Gasteiger partial charge in [0.05, 0.1) is 30.7 Å². The molecular weight excluding hydrogens is 658 g/mol. The fourth-order valence-electron chi connectivity index (χ4n) is 8.55. The number of allylic oxidation sites excluding steroid dienone is 1. The summed E-state index contributed by atoms with van der Waals surface area (Å²) in [6, 6.07) is 20.6. The van der Waals surface area contributed by atoms with E-state index in [0.717, 1.165) is 10.8 Å². The lowest BCUT2D eigenvalue weighted by atomic mass is 9.74. The summed E-state index contributed by atoms with van der Waals surface area (Å²) in [4.78, 5) is 63.0. The molecule has 0 unspecified atom stereocenters. The van der Waals surface area contributed by atoms with Crippen LogP contribution in [0.15, 0.2) is 97.1 Å². The van der Waals surface area contributed by atoms with Crippen LogP contribution in [0.25, 0.3) is 10.8 Å². The third-order valence-corrected chi connectivity index (χ3v) is 11.8. The number of fused-ring (bicyclic) bond motifs is 3. The van der Waals surface area contributed by atoms with Crippen LogP contribution < -0.4 is 4.90 Å².